The first-order valence-electron chi connectivity index (χ1n) is 6.05. The van der Waals surface area contributed by atoms with Crippen LogP contribution in [0.15, 0.2) is 0 Å². The van der Waals surface area contributed by atoms with Gasteiger partial charge in [-0.3, -0.25) is 0 Å². The van der Waals surface area contributed by atoms with E-state index in [2.05, 4.69) is 24.1 Å². The maximum Gasteiger partial charge on any atom is 0.340 e. The fourth-order valence-corrected chi connectivity index (χ4v) is 1.81. The zero-order valence-electron chi connectivity index (χ0n) is 11.3. The summed E-state index contributed by atoms with van der Waals surface area (Å²) in [5, 5.41) is 3.33. The molecule has 1 aromatic rings. The minimum absolute atomic E-state index is 0.241. The summed E-state index contributed by atoms with van der Waals surface area (Å²) in [6, 6.07) is 0.420. The number of carbonyl (C=O) groups is 1. The number of aromatic nitrogens is 1. The number of carbonyl (C=O) groups excluding carboxylic acids is 1. The Bertz CT molecular complexity index is 394. The number of H-pyrrole nitrogens is 1. The standard InChI is InChI=1S/C13H22N2O2/c1-6-17-13(16)12-9(4)11(15-10(12)5)7-14-8(2)3/h8,14-15H,6-7H2,1-5H3. The third kappa shape index (κ3) is 3.33. The molecule has 4 nitrogen and oxygen atoms in total. The second-order valence-corrected chi connectivity index (χ2v) is 4.48. The minimum atomic E-state index is -0.241. The highest BCUT2D eigenvalue weighted by molar-refractivity contribution is 5.92. The van der Waals surface area contributed by atoms with Crippen molar-refractivity contribution in [2.45, 2.75) is 47.2 Å². The van der Waals surface area contributed by atoms with E-state index in [4.69, 9.17) is 4.74 Å². The van der Waals surface area contributed by atoms with Gasteiger partial charge in [-0.25, -0.2) is 4.79 Å². The molecule has 4 heteroatoms. The Morgan fingerprint density at radius 2 is 2.06 bits per heavy atom. The molecule has 0 bridgehead atoms. The molecule has 0 amide bonds. The topological polar surface area (TPSA) is 54.1 Å². The Morgan fingerprint density at radius 1 is 1.41 bits per heavy atom. The summed E-state index contributed by atoms with van der Waals surface area (Å²) in [4.78, 5) is 15.0. The van der Waals surface area contributed by atoms with Crippen LogP contribution >= 0.6 is 0 Å². The molecule has 17 heavy (non-hydrogen) atoms. The van der Waals surface area contributed by atoms with Gasteiger partial charge in [0, 0.05) is 24.0 Å². The van der Waals surface area contributed by atoms with E-state index in [1.54, 1.807) is 0 Å². The molecule has 0 unspecified atom stereocenters. The smallest absolute Gasteiger partial charge is 0.340 e. The Hall–Kier alpha value is -1.29. The number of hydrogen-bond donors (Lipinski definition) is 2. The van der Waals surface area contributed by atoms with Gasteiger partial charge in [0.05, 0.1) is 12.2 Å². The fraction of sp³-hybridized carbons (Fsp3) is 0.615. The lowest BCUT2D eigenvalue weighted by Gasteiger charge is -2.07. The average Bonchev–Trinajstić information content (AvgIpc) is 2.51. The maximum absolute atomic E-state index is 11.8. The number of hydrogen-bond acceptors (Lipinski definition) is 3. The largest absolute Gasteiger partial charge is 0.462 e. The van der Waals surface area contributed by atoms with Gasteiger partial charge in [-0.1, -0.05) is 13.8 Å². The highest BCUT2D eigenvalue weighted by Crippen LogP contribution is 2.18. The number of ether oxygens (including phenoxy) is 1. The first-order valence-corrected chi connectivity index (χ1v) is 6.05. The van der Waals surface area contributed by atoms with Crippen molar-refractivity contribution in [3.05, 3.63) is 22.5 Å². The predicted molar refractivity (Wildman–Crippen MR) is 68.2 cm³/mol. The minimum Gasteiger partial charge on any atom is -0.462 e. The molecule has 0 aliphatic carbocycles. The van der Waals surface area contributed by atoms with E-state index in [-0.39, 0.29) is 5.97 Å². The summed E-state index contributed by atoms with van der Waals surface area (Å²) in [5.74, 6) is -0.241. The van der Waals surface area contributed by atoms with Gasteiger partial charge < -0.3 is 15.0 Å². The van der Waals surface area contributed by atoms with Gasteiger partial charge in [0.15, 0.2) is 0 Å². The van der Waals surface area contributed by atoms with E-state index in [0.717, 1.165) is 23.5 Å². The van der Waals surface area contributed by atoms with Crippen molar-refractivity contribution in [1.82, 2.24) is 10.3 Å². The van der Waals surface area contributed by atoms with Crippen LogP contribution in [-0.4, -0.2) is 23.6 Å². The van der Waals surface area contributed by atoms with Crippen LogP contribution < -0.4 is 5.32 Å². The molecule has 0 saturated heterocycles. The van der Waals surface area contributed by atoms with Crippen LogP contribution in [0.25, 0.3) is 0 Å². The summed E-state index contributed by atoms with van der Waals surface area (Å²) in [7, 11) is 0. The van der Waals surface area contributed by atoms with Crippen molar-refractivity contribution in [2.24, 2.45) is 0 Å². The van der Waals surface area contributed by atoms with Gasteiger partial charge in [0.1, 0.15) is 0 Å². The zero-order chi connectivity index (χ0) is 13.0. The molecular formula is C13H22N2O2. The van der Waals surface area contributed by atoms with Crippen LogP contribution in [0.2, 0.25) is 0 Å². The van der Waals surface area contributed by atoms with Gasteiger partial charge in [-0.15, -0.1) is 0 Å². The van der Waals surface area contributed by atoms with Crippen LogP contribution in [0, 0.1) is 13.8 Å². The van der Waals surface area contributed by atoms with Crippen LogP contribution in [0.4, 0.5) is 0 Å². The molecular weight excluding hydrogens is 216 g/mol. The fourth-order valence-electron chi connectivity index (χ4n) is 1.81. The lowest BCUT2D eigenvalue weighted by atomic mass is 10.1. The molecule has 0 aromatic carbocycles. The predicted octanol–water partition coefficient (Wildman–Crippen LogP) is 2.31. The third-order valence-corrected chi connectivity index (χ3v) is 2.71. The van der Waals surface area contributed by atoms with Crippen molar-refractivity contribution in [3.63, 3.8) is 0 Å². The molecule has 0 atom stereocenters. The van der Waals surface area contributed by atoms with Crippen LogP contribution in [0.1, 0.15) is 48.1 Å². The normalized spacial score (nSPS) is 10.9. The number of rotatable bonds is 5. The number of nitrogens with one attached hydrogen (secondary N) is 2. The van der Waals surface area contributed by atoms with Crippen molar-refractivity contribution < 1.29 is 9.53 Å². The first-order chi connectivity index (χ1) is 7.97. The highest BCUT2D eigenvalue weighted by atomic mass is 16.5. The molecule has 2 N–H and O–H groups in total. The SMILES string of the molecule is CCOC(=O)c1c(C)[nH]c(CNC(C)C)c1C. The summed E-state index contributed by atoms with van der Waals surface area (Å²) in [5.41, 5.74) is 3.59. The van der Waals surface area contributed by atoms with Gasteiger partial charge >= 0.3 is 5.97 Å². The van der Waals surface area contributed by atoms with Crippen molar-refractivity contribution in [1.29, 1.82) is 0 Å². The van der Waals surface area contributed by atoms with Crippen molar-refractivity contribution >= 4 is 5.97 Å². The molecule has 0 radical (unpaired) electrons. The Morgan fingerprint density at radius 3 is 2.59 bits per heavy atom. The average molecular weight is 238 g/mol. The Kier molecular flexibility index (Phi) is 4.75. The van der Waals surface area contributed by atoms with E-state index in [9.17, 15) is 4.79 Å². The van der Waals surface area contributed by atoms with E-state index >= 15 is 0 Å². The van der Waals surface area contributed by atoms with Gasteiger partial charge in [0.25, 0.3) is 0 Å². The van der Waals surface area contributed by atoms with E-state index in [1.165, 1.54) is 0 Å². The lowest BCUT2D eigenvalue weighted by Crippen LogP contribution is -2.22. The maximum atomic E-state index is 11.8. The lowest BCUT2D eigenvalue weighted by molar-refractivity contribution is 0.0525. The number of esters is 1. The molecule has 96 valence electrons. The van der Waals surface area contributed by atoms with E-state index in [0.29, 0.717) is 18.2 Å². The summed E-state index contributed by atoms with van der Waals surface area (Å²) in [6.07, 6.45) is 0. The third-order valence-electron chi connectivity index (χ3n) is 2.71. The highest BCUT2D eigenvalue weighted by Gasteiger charge is 2.18. The number of aryl methyl sites for hydroxylation is 1. The monoisotopic (exact) mass is 238 g/mol. The van der Waals surface area contributed by atoms with Crippen LogP contribution in [0.3, 0.4) is 0 Å². The quantitative estimate of drug-likeness (QED) is 0.774. The van der Waals surface area contributed by atoms with E-state index in [1.807, 2.05) is 20.8 Å². The van der Waals surface area contributed by atoms with E-state index < -0.39 is 0 Å². The zero-order valence-corrected chi connectivity index (χ0v) is 11.3. The second-order valence-electron chi connectivity index (χ2n) is 4.48. The second kappa shape index (κ2) is 5.87. The molecule has 0 aliphatic rings. The summed E-state index contributed by atoms with van der Waals surface area (Å²) in [6.45, 7) is 11.0. The van der Waals surface area contributed by atoms with Gasteiger partial charge in [0.2, 0.25) is 0 Å². The molecule has 0 spiro atoms. The van der Waals surface area contributed by atoms with Crippen molar-refractivity contribution in [2.75, 3.05) is 6.61 Å². The van der Waals surface area contributed by atoms with Crippen LogP contribution in [0.5, 0.6) is 0 Å². The molecule has 0 fully saturated rings. The van der Waals surface area contributed by atoms with Crippen molar-refractivity contribution in [3.8, 4) is 0 Å². The summed E-state index contributed by atoms with van der Waals surface area (Å²) >= 11 is 0. The van der Waals surface area contributed by atoms with Gasteiger partial charge in [-0.05, 0) is 26.3 Å². The Balaban J connectivity index is 2.89. The first kappa shape index (κ1) is 13.8. The molecule has 0 saturated carbocycles. The summed E-state index contributed by atoms with van der Waals surface area (Å²) < 4.78 is 5.05. The number of aromatic amines is 1. The van der Waals surface area contributed by atoms with Gasteiger partial charge in [-0.2, -0.15) is 0 Å². The van der Waals surface area contributed by atoms with Crippen LogP contribution in [-0.2, 0) is 11.3 Å². The Labute approximate surface area is 103 Å². The molecule has 0 aliphatic heterocycles. The molecule has 1 aromatic heterocycles. The molecule has 1 heterocycles. The molecule has 1 rings (SSSR count).